The van der Waals surface area contributed by atoms with E-state index in [4.69, 9.17) is 4.74 Å². The standard InChI is InChI=1S/C22H23NO3/c24-14-17-7-4-8-18(11-17)19-12-20-9-10-21(13-19)23(20)22(25)26-15-16-5-2-1-3-6-16/h1-8,11-12,20-21,24H,9-10,13-15H2. The molecule has 4 nitrogen and oxygen atoms in total. The van der Waals surface area contributed by atoms with Crippen LogP contribution in [0.3, 0.4) is 0 Å². The summed E-state index contributed by atoms with van der Waals surface area (Å²) in [5.41, 5.74) is 4.33. The summed E-state index contributed by atoms with van der Waals surface area (Å²) in [5, 5.41) is 9.36. The molecule has 0 radical (unpaired) electrons. The lowest BCUT2D eigenvalue weighted by atomic mass is 9.94. The van der Waals surface area contributed by atoms with Crippen LogP contribution >= 0.6 is 0 Å². The van der Waals surface area contributed by atoms with Crippen LogP contribution in [0.5, 0.6) is 0 Å². The van der Waals surface area contributed by atoms with E-state index < -0.39 is 0 Å². The van der Waals surface area contributed by atoms with E-state index >= 15 is 0 Å². The first-order chi connectivity index (χ1) is 12.7. The van der Waals surface area contributed by atoms with Gasteiger partial charge in [0.25, 0.3) is 0 Å². The Morgan fingerprint density at radius 2 is 1.88 bits per heavy atom. The highest BCUT2D eigenvalue weighted by Gasteiger charge is 2.40. The molecule has 2 bridgehead atoms. The van der Waals surface area contributed by atoms with Gasteiger partial charge in [-0.05, 0) is 47.6 Å². The predicted molar refractivity (Wildman–Crippen MR) is 100 cm³/mol. The molecule has 2 aromatic carbocycles. The maximum atomic E-state index is 12.6. The minimum absolute atomic E-state index is 0.0475. The Labute approximate surface area is 153 Å². The van der Waals surface area contributed by atoms with Gasteiger partial charge < -0.3 is 9.84 Å². The van der Waals surface area contributed by atoms with Crippen LogP contribution in [0.2, 0.25) is 0 Å². The zero-order chi connectivity index (χ0) is 17.9. The molecule has 0 saturated carbocycles. The Kier molecular flexibility index (Phi) is 4.76. The molecule has 2 aromatic rings. The Morgan fingerprint density at radius 1 is 1.08 bits per heavy atom. The second-order valence-electron chi connectivity index (χ2n) is 7.00. The van der Waals surface area contributed by atoms with Crippen LogP contribution in [0.15, 0.2) is 60.7 Å². The SMILES string of the molecule is O=C(OCc1ccccc1)N1C2C=C(c3cccc(CO)c3)CC1CC2. The minimum atomic E-state index is -0.222. The first kappa shape index (κ1) is 16.9. The van der Waals surface area contributed by atoms with Gasteiger partial charge in [-0.1, -0.05) is 54.6 Å². The fourth-order valence-electron chi connectivity index (χ4n) is 3.99. The normalized spacial score (nSPS) is 21.4. The molecule has 2 unspecified atom stereocenters. The van der Waals surface area contributed by atoms with Crippen LogP contribution in [0, 0.1) is 0 Å². The Morgan fingerprint density at radius 3 is 2.65 bits per heavy atom. The van der Waals surface area contributed by atoms with Crippen molar-refractivity contribution in [2.75, 3.05) is 0 Å². The third-order valence-corrected chi connectivity index (χ3v) is 5.29. The van der Waals surface area contributed by atoms with Crippen molar-refractivity contribution < 1.29 is 14.6 Å². The Hall–Kier alpha value is -2.59. The summed E-state index contributed by atoms with van der Waals surface area (Å²) >= 11 is 0. The van der Waals surface area contributed by atoms with E-state index in [1.807, 2.05) is 53.4 Å². The first-order valence-corrected chi connectivity index (χ1v) is 9.14. The quantitative estimate of drug-likeness (QED) is 0.903. The van der Waals surface area contributed by atoms with Gasteiger partial charge in [0.1, 0.15) is 6.61 Å². The van der Waals surface area contributed by atoms with E-state index in [0.717, 1.165) is 36.0 Å². The van der Waals surface area contributed by atoms with Crippen LogP contribution in [0.4, 0.5) is 4.79 Å². The van der Waals surface area contributed by atoms with Crippen molar-refractivity contribution in [1.82, 2.24) is 4.90 Å². The lowest BCUT2D eigenvalue weighted by Crippen LogP contribution is -2.43. The second kappa shape index (κ2) is 7.34. The number of carbonyl (C=O) groups excluding carboxylic acids is 1. The van der Waals surface area contributed by atoms with E-state index in [1.54, 1.807) is 0 Å². The average Bonchev–Trinajstić information content (AvgIpc) is 2.96. The summed E-state index contributed by atoms with van der Waals surface area (Å²) < 4.78 is 5.55. The third-order valence-electron chi connectivity index (χ3n) is 5.29. The molecule has 2 aliphatic rings. The van der Waals surface area contributed by atoms with Crippen LogP contribution in [-0.4, -0.2) is 28.2 Å². The highest BCUT2D eigenvalue weighted by Crippen LogP contribution is 2.39. The molecule has 1 N–H and O–H groups in total. The summed E-state index contributed by atoms with van der Waals surface area (Å²) in [7, 11) is 0. The van der Waals surface area contributed by atoms with Gasteiger partial charge in [0.05, 0.1) is 12.6 Å². The first-order valence-electron chi connectivity index (χ1n) is 9.14. The topological polar surface area (TPSA) is 49.8 Å². The molecule has 1 fully saturated rings. The van der Waals surface area contributed by atoms with Crippen molar-refractivity contribution in [2.24, 2.45) is 0 Å². The van der Waals surface area contributed by atoms with Crippen molar-refractivity contribution in [1.29, 1.82) is 0 Å². The molecule has 26 heavy (non-hydrogen) atoms. The largest absolute Gasteiger partial charge is 0.445 e. The lowest BCUT2D eigenvalue weighted by molar-refractivity contribution is 0.0832. The molecule has 0 aromatic heterocycles. The number of rotatable bonds is 4. The Balaban J connectivity index is 1.47. The monoisotopic (exact) mass is 349 g/mol. The number of ether oxygens (including phenoxy) is 1. The minimum Gasteiger partial charge on any atom is -0.445 e. The van der Waals surface area contributed by atoms with E-state index in [9.17, 15) is 9.90 Å². The highest BCUT2D eigenvalue weighted by molar-refractivity contribution is 5.75. The number of benzene rings is 2. The summed E-state index contributed by atoms with van der Waals surface area (Å²) in [6.07, 6.45) is 4.80. The van der Waals surface area contributed by atoms with E-state index in [1.165, 1.54) is 5.57 Å². The highest BCUT2D eigenvalue weighted by atomic mass is 16.6. The number of aliphatic hydroxyl groups is 1. The number of amides is 1. The molecule has 0 spiro atoms. The van der Waals surface area contributed by atoms with Crippen LogP contribution < -0.4 is 0 Å². The molecular weight excluding hydrogens is 326 g/mol. The van der Waals surface area contributed by atoms with Gasteiger partial charge >= 0.3 is 6.09 Å². The van der Waals surface area contributed by atoms with Gasteiger partial charge in [0.15, 0.2) is 0 Å². The maximum Gasteiger partial charge on any atom is 0.410 e. The van der Waals surface area contributed by atoms with Gasteiger partial charge in [-0.25, -0.2) is 4.79 Å². The summed E-state index contributed by atoms with van der Waals surface area (Å²) in [4.78, 5) is 14.5. The van der Waals surface area contributed by atoms with Gasteiger partial charge in [-0.15, -0.1) is 0 Å². The van der Waals surface area contributed by atoms with Crippen molar-refractivity contribution in [2.45, 2.75) is 44.6 Å². The number of hydrogen-bond donors (Lipinski definition) is 1. The lowest BCUT2D eigenvalue weighted by Gasteiger charge is -2.33. The fourth-order valence-corrected chi connectivity index (χ4v) is 3.99. The van der Waals surface area contributed by atoms with E-state index in [-0.39, 0.29) is 24.8 Å². The summed E-state index contributed by atoms with van der Waals surface area (Å²) in [6, 6.07) is 18.1. The average molecular weight is 349 g/mol. The molecule has 2 aliphatic heterocycles. The van der Waals surface area contributed by atoms with E-state index in [2.05, 4.69) is 12.1 Å². The van der Waals surface area contributed by atoms with Gasteiger partial charge in [0.2, 0.25) is 0 Å². The molecular formula is C22H23NO3. The zero-order valence-corrected chi connectivity index (χ0v) is 14.7. The molecule has 2 atom stereocenters. The van der Waals surface area contributed by atoms with Gasteiger partial charge in [0, 0.05) is 6.04 Å². The predicted octanol–water partition coefficient (Wildman–Crippen LogP) is 4.14. The van der Waals surface area contributed by atoms with Crippen molar-refractivity contribution in [3.63, 3.8) is 0 Å². The third kappa shape index (κ3) is 3.37. The number of carbonyl (C=O) groups is 1. The molecule has 4 rings (SSSR count). The van der Waals surface area contributed by atoms with Gasteiger partial charge in [-0.2, -0.15) is 0 Å². The van der Waals surface area contributed by atoms with E-state index in [0.29, 0.717) is 6.61 Å². The van der Waals surface area contributed by atoms with Crippen molar-refractivity contribution >= 4 is 11.7 Å². The summed E-state index contributed by atoms with van der Waals surface area (Å²) in [6.45, 7) is 0.358. The van der Waals surface area contributed by atoms with Crippen molar-refractivity contribution in [3.05, 3.63) is 77.4 Å². The maximum absolute atomic E-state index is 12.6. The van der Waals surface area contributed by atoms with Crippen LogP contribution in [0.1, 0.15) is 36.0 Å². The number of hydrogen-bond acceptors (Lipinski definition) is 3. The van der Waals surface area contributed by atoms with Crippen molar-refractivity contribution in [3.8, 4) is 0 Å². The molecule has 134 valence electrons. The number of nitrogens with zero attached hydrogens (tertiary/aromatic N) is 1. The molecule has 1 amide bonds. The number of aliphatic hydroxyl groups excluding tert-OH is 1. The Bertz CT molecular complexity index is 815. The second-order valence-corrected chi connectivity index (χ2v) is 7.00. The molecule has 2 heterocycles. The fraction of sp³-hybridized carbons (Fsp3) is 0.318. The van der Waals surface area contributed by atoms with Crippen LogP contribution in [-0.2, 0) is 18.0 Å². The molecule has 4 heteroatoms. The molecule has 1 saturated heterocycles. The summed E-state index contributed by atoms with van der Waals surface area (Å²) in [5.74, 6) is 0. The zero-order valence-electron chi connectivity index (χ0n) is 14.7. The molecule has 0 aliphatic carbocycles. The smallest absolute Gasteiger partial charge is 0.410 e. The number of fused-ring (bicyclic) bond motifs is 2. The van der Waals surface area contributed by atoms with Gasteiger partial charge in [-0.3, -0.25) is 4.90 Å². The van der Waals surface area contributed by atoms with Crippen LogP contribution in [0.25, 0.3) is 5.57 Å².